The number of rotatable bonds is 6. The van der Waals surface area contributed by atoms with Crippen molar-refractivity contribution in [3.63, 3.8) is 0 Å². The molecule has 1 saturated heterocycles. The van der Waals surface area contributed by atoms with E-state index in [1.54, 1.807) is 0 Å². The number of nitrogens with zero attached hydrogens (tertiary/aromatic N) is 2. The maximum atomic E-state index is 6.07. The van der Waals surface area contributed by atoms with Crippen LogP contribution in [-0.4, -0.2) is 30.8 Å². The van der Waals surface area contributed by atoms with Crippen LogP contribution >= 0.6 is 11.6 Å². The van der Waals surface area contributed by atoms with Crippen molar-refractivity contribution < 1.29 is 4.74 Å². The van der Waals surface area contributed by atoms with Crippen LogP contribution in [0.4, 0.5) is 17.2 Å². The third-order valence-electron chi connectivity index (χ3n) is 6.39. The first kappa shape index (κ1) is 19.5. The molecule has 4 nitrogen and oxygen atoms in total. The highest BCUT2D eigenvalue weighted by Gasteiger charge is 2.35. The smallest absolute Gasteiger partial charge is 0.152 e. The lowest BCUT2D eigenvalue weighted by atomic mass is 9.66. The first-order chi connectivity index (χ1) is 13.6. The van der Waals surface area contributed by atoms with E-state index < -0.39 is 0 Å². The second-order valence-corrected chi connectivity index (χ2v) is 8.71. The molecule has 0 radical (unpaired) electrons. The number of hydrogen-bond acceptors (Lipinski definition) is 4. The standard InChI is InChI=1S/C23H30ClN3O/c1-3-27(20-9-13-28-14-10-20)22-21(26-19-7-5-18(24)6-8-19)15-17(16-25-22)23(2)11-4-12-23/h5-8,15-16,20,26H,3-4,9-14H2,1-2H3. The highest BCUT2D eigenvalue weighted by Crippen LogP contribution is 2.45. The molecule has 1 aliphatic carbocycles. The van der Waals surface area contributed by atoms with Gasteiger partial charge in [0.05, 0.1) is 5.69 Å². The van der Waals surface area contributed by atoms with Gasteiger partial charge >= 0.3 is 0 Å². The quantitative estimate of drug-likeness (QED) is 0.653. The summed E-state index contributed by atoms with van der Waals surface area (Å²) < 4.78 is 5.58. The molecule has 2 aromatic rings. The van der Waals surface area contributed by atoms with Crippen LogP contribution in [-0.2, 0) is 10.2 Å². The first-order valence-electron chi connectivity index (χ1n) is 10.5. The lowest BCUT2D eigenvalue weighted by Crippen LogP contribution is -2.40. The van der Waals surface area contributed by atoms with E-state index in [4.69, 9.17) is 21.3 Å². The normalized spacial score (nSPS) is 19.1. The lowest BCUT2D eigenvalue weighted by Gasteiger charge is -2.40. The predicted octanol–water partition coefficient (Wildman–Crippen LogP) is 5.93. The molecule has 2 aliphatic rings. The highest BCUT2D eigenvalue weighted by atomic mass is 35.5. The molecule has 1 saturated carbocycles. The fourth-order valence-electron chi connectivity index (χ4n) is 4.37. The number of ether oxygens (including phenoxy) is 1. The van der Waals surface area contributed by atoms with Crippen molar-refractivity contribution in [2.45, 2.75) is 57.4 Å². The zero-order valence-electron chi connectivity index (χ0n) is 16.9. The summed E-state index contributed by atoms with van der Waals surface area (Å²) >= 11 is 6.07. The largest absolute Gasteiger partial charge is 0.381 e. The molecular formula is C23H30ClN3O. The van der Waals surface area contributed by atoms with Crippen LogP contribution in [0.25, 0.3) is 0 Å². The molecule has 0 bridgehead atoms. The Morgan fingerprint density at radius 3 is 2.54 bits per heavy atom. The van der Waals surface area contributed by atoms with Gasteiger partial charge in [-0.15, -0.1) is 0 Å². The third kappa shape index (κ3) is 3.99. The fourth-order valence-corrected chi connectivity index (χ4v) is 4.50. The molecule has 5 heteroatoms. The molecule has 2 fully saturated rings. The van der Waals surface area contributed by atoms with Crippen molar-refractivity contribution in [1.82, 2.24) is 4.98 Å². The molecule has 4 rings (SSSR count). The summed E-state index contributed by atoms with van der Waals surface area (Å²) in [6.45, 7) is 7.16. The van der Waals surface area contributed by atoms with E-state index in [1.165, 1.54) is 24.8 Å². The topological polar surface area (TPSA) is 37.4 Å². The van der Waals surface area contributed by atoms with Crippen LogP contribution in [0, 0.1) is 0 Å². The Bertz CT molecular complexity index is 798. The Balaban J connectivity index is 1.69. The predicted molar refractivity (Wildman–Crippen MR) is 117 cm³/mol. The van der Waals surface area contributed by atoms with Gasteiger partial charge in [0, 0.05) is 42.7 Å². The van der Waals surface area contributed by atoms with Crippen molar-refractivity contribution in [3.05, 3.63) is 47.1 Å². The Morgan fingerprint density at radius 1 is 1.21 bits per heavy atom. The van der Waals surface area contributed by atoms with E-state index >= 15 is 0 Å². The van der Waals surface area contributed by atoms with Crippen LogP contribution in [0.5, 0.6) is 0 Å². The first-order valence-corrected chi connectivity index (χ1v) is 10.8. The van der Waals surface area contributed by atoms with Crippen molar-refractivity contribution in [2.75, 3.05) is 30.0 Å². The molecule has 2 heterocycles. The van der Waals surface area contributed by atoms with Crippen molar-refractivity contribution in [3.8, 4) is 0 Å². The van der Waals surface area contributed by atoms with Crippen molar-refractivity contribution in [2.24, 2.45) is 0 Å². The van der Waals surface area contributed by atoms with Gasteiger partial charge in [0.15, 0.2) is 5.82 Å². The van der Waals surface area contributed by atoms with Crippen molar-refractivity contribution >= 4 is 28.8 Å². The number of halogens is 1. The summed E-state index contributed by atoms with van der Waals surface area (Å²) in [7, 11) is 0. The van der Waals surface area contributed by atoms with Gasteiger partial charge in [0.1, 0.15) is 0 Å². The monoisotopic (exact) mass is 399 g/mol. The van der Waals surface area contributed by atoms with Crippen LogP contribution in [0.15, 0.2) is 36.5 Å². The molecule has 1 N–H and O–H groups in total. The van der Waals surface area contributed by atoms with Crippen LogP contribution in [0.2, 0.25) is 5.02 Å². The minimum atomic E-state index is 0.262. The number of anilines is 3. The van der Waals surface area contributed by atoms with Crippen LogP contribution < -0.4 is 10.2 Å². The Labute approximate surface area is 173 Å². The number of aromatic nitrogens is 1. The summed E-state index contributed by atoms with van der Waals surface area (Å²) in [5.74, 6) is 1.04. The number of hydrogen-bond donors (Lipinski definition) is 1. The SMILES string of the molecule is CCN(c1ncc(C2(C)CCC2)cc1Nc1ccc(Cl)cc1)C1CCOCC1. The van der Waals surface area contributed by atoms with E-state index in [0.29, 0.717) is 6.04 Å². The second kappa shape index (κ2) is 8.30. The number of nitrogens with one attached hydrogen (secondary N) is 1. The minimum Gasteiger partial charge on any atom is -0.381 e. The van der Waals surface area contributed by atoms with Gasteiger partial charge in [-0.2, -0.15) is 0 Å². The molecule has 1 aromatic heterocycles. The Hall–Kier alpha value is -1.78. The van der Waals surface area contributed by atoms with Crippen molar-refractivity contribution in [1.29, 1.82) is 0 Å². The number of benzene rings is 1. The minimum absolute atomic E-state index is 0.262. The number of pyridine rings is 1. The summed E-state index contributed by atoms with van der Waals surface area (Å²) in [6, 6.07) is 10.7. The van der Waals surface area contributed by atoms with Gasteiger partial charge in [0.2, 0.25) is 0 Å². The Morgan fingerprint density at radius 2 is 1.93 bits per heavy atom. The molecule has 0 atom stereocenters. The van der Waals surface area contributed by atoms with Crippen LogP contribution in [0.1, 0.15) is 51.5 Å². The molecule has 0 spiro atoms. The summed E-state index contributed by atoms with van der Waals surface area (Å²) in [5, 5.41) is 4.37. The van der Waals surface area contributed by atoms with Gasteiger partial charge in [0.25, 0.3) is 0 Å². The average molecular weight is 400 g/mol. The molecule has 1 aromatic carbocycles. The molecule has 150 valence electrons. The highest BCUT2D eigenvalue weighted by molar-refractivity contribution is 6.30. The van der Waals surface area contributed by atoms with Gasteiger partial charge in [-0.3, -0.25) is 0 Å². The lowest BCUT2D eigenvalue weighted by molar-refractivity contribution is 0.0845. The van der Waals surface area contributed by atoms with Gasteiger partial charge < -0.3 is 15.0 Å². The third-order valence-corrected chi connectivity index (χ3v) is 6.64. The molecular weight excluding hydrogens is 370 g/mol. The van der Waals surface area contributed by atoms with E-state index in [9.17, 15) is 0 Å². The summed E-state index contributed by atoms with van der Waals surface area (Å²) in [6.07, 6.45) is 7.99. The van der Waals surface area contributed by atoms with E-state index in [0.717, 1.165) is 54.8 Å². The van der Waals surface area contributed by atoms with E-state index in [-0.39, 0.29) is 5.41 Å². The second-order valence-electron chi connectivity index (χ2n) is 8.27. The van der Waals surface area contributed by atoms with Gasteiger partial charge in [-0.25, -0.2) is 4.98 Å². The zero-order valence-corrected chi connectivity index (χ0v) is 17.6. The van der Waals surface area contributed by atoms with E-state index in [2.05, 4.69) is 36.3 Å². The van der Waals surface area contributed by atoms with Crippen LogP contribution in [0.3, 0.4) is 0 Å². The fraction of sp³-hybridized carbons (Fsp3) is 0.522. The van der Waals surface area contributed by atoms with E-state index in [1.807, 2.05) is 24.3 Å². The molecule has 0 unspecified atom stereocenters. The summed E-state index contributed by atoms with van der Waals surface area (Å²) in [4.78, 5) is 7.42. The average Bonchev–Trinajstić information content (AvgIpc) is 2.70. The maximum absolute atomic E-state index is 6.07. The Kier molecular flexibility index (Phi) is 5.79. The zero-order chi connectivity index (χ0) is 19.6. The molecule has 28 heavy (non-hydrogen) atoms. The molecule has 0 amide bonds. The molecule has 1 aliphatic heterocycles. The van der Waals surface area contributed by atoms with Gasteiger partial charge in [-0.1, -0.05) is 24.9 Å². The maximum Gasteiger partial charge on any atom is 0.152 e. The van der Waals surface area contributed by atoms with Gasteiger partial charge in [-0.05, 0) is 73.9 Å². The summed E-state index contributed by atoms with van der Waals surface area (Å²) in [5.41, 5.74) is 3.71.